The van der Waals surface area contributed by atoms with E-state index in [1.807, 2.05) is 0 Å². The van der Waals surface area contributed by atoms with Crippen LogP contribution in [0.5, 0.6) is 0 Å². The number of aromatic nitrogens is 5. The van der Waals surface area contributed by atoms with E-state index in [0.29, 0.717) is 18.6 Å². The molecular formula is C24H17F9N6O2. The summed E-state index contributed by atoms with van der Waals surface area (Å²) in [4.78, 5) is 31.3. The number of hydrogen-bond acceptors (Lipinski definition) is 6. The monoisotopic (exact) mass is 592 g/mol. The lowest BCUT2D eigenvalue weighted by atomic mass is 10.1. The number of anilines is 1. The zero-order valence-electron chi connectivity index (χ0n) is 20.5. The summed E-state index contributed by atoms with van der Waals surface area (Å²) in [5, 5.41) is 6.36. The molecule has 0 bridgehead atoms. The van der Waals surface area contributed by atoms with Crippen molar-refractivity contribution in [2.45, 2.75) is 44.5 Å². The highest BCUT2D eigenvalue weighted by atomic mass is 19.4. The van der Waals surface area contributed by atoms with E-state index in [4.69, 9.17) is 0 Å². The van der Waals surface area contributed by atoms with Gasteiger partial charge in [-0.2, -0.15) is 31.4 Å². The number of pyridine rings is 1. The number of aromatic amines is 1. The predicted molar refractivity (Wildman–Crippen MR) is 127 cm³/mol. The summed E-state index contributed by atoms with van der Waals surface area (Å²) in [6, 6.07) is 1.10. The van der Waals surface area contributed by atoms with Crippen LogP contribution in [0.2, 0.25) is 0 Å². The molecule has 0 aliphatic carbocycles. The molecule has 4 rings (SSSR count). The van der Waals surface area contributed by atoms with Gasteiger partial charge in [0.2, 0.25) is 0 Å². The smallest absolute Gasteiger partial charge is 0.381 e. The Bertz CT molecular complexity index is 1700. The molecule has 41 heavy (non-hydrogen) atoms. The molecule has 0 saturated carbocycles. The largest absolute Gasteiger partial charge is 0.423 e. The predicted octanol–water partition coefficient (Wildman–Crippen LogP) is 5.09. The van der Waals surface area contributed by atoms with Gasteiger partial charge in [0.25, 0.3) is 11.1 Å². The van der Waals surface area contributed by atoms with Gasteiger partial charge in [0.15, 0.2) is 17.5 Å². The summed E-state index contributed by atoms with van der Waals surface area (Å²) in [5.74, 6) is -3.85. The molecule has 1 aromatic carbocycles. The van der Waals surface area contributed by atoms with Crippen LogP contribution in [-0.2, 0) is 18.9 Å². The molecule has 3 heterocycles. The number of alkyl halides is 7. The maximum atomic E-state index is 15.0. The van der Waals surface area contributed by atoms with E-state index < -0.39 is 93.9 Å². The van der Waals surface area contributed by atoms with Crippen molar-refractivity contribution in [1.82, 2.24) is 24.7 Å². The molecule has 2 N–H and O–H groups in total. The van der Waals surface area contributed by atoms with Gasteiger partial charge in [-0.05, 0) is 24.4 Å². The summed E-state index contributed by atoms with van der Waals surface area (Å²) in [6.45, 7) is 0.627. The van der Waals surface area contributed by atoms with E-state index in [0.717, 1.165) is 22.9 Å². The average Bonchev–Trinajstić information content (AvgIpc) is 2.86. The van der Waals surface area contributed by atoms with Crippen molar-refractivity contribution in [3.63, 3.8) is 0 Å². The van der Waals surface area contributed by atoms with Crippen LogP contribution in [0.4, 0.5) is 45.2 Å². The Morgan fingerprint density at radius 3 is 2.27 bits per heavy atom. The number of H-pyrrole nitrogens is 1. The zero-order valence-corrected chi connectivity index (χ0v) is 20.5. The highest BCUT2D eigenvalue weighted by molar-refractivity contribution is 5.86. The fraction of sp³-hybridized carbons (Fsp3) is 0.292. The number of nitrogens with zero attached hydrogens (tertiary/aromatic N) is 4. The molecule has 218 valence electrons. The third-order valence-corrected chi connectivity index (χ3v) is 5.91. The molecule has 0 unspecified atom stereocenters. The quantitative estimate of drug-likeness (QED) is 0.290. The van der Waals surface area contributed by atoms with Gasteiger partial charge < -0.3 is 9.88 Å². The Balaban J connectivity index is 1.56. The lowest BCUT2D eigenvalue weighted by molar-refractivity contribution is -0.139. The second-order valence-corrected chi connectivity index (χ2v) is 8.95. The molecule has 0 amide bonds. The molecule has 17 heteroatoms. The third-order valence-electron chi connectivity index (χ3n) is 5.91. The minimum atomic E-state index is -5.02. The van der Waals surface area contributed by atoms with Crippen molar-refractivity contribution in [2.75, 3.05) is 5.32 Å². The van der Waals surface area contributed by atoms with Crippen molar-refractivity contribution in [3.8, 4) is 11.4 Å². The topological polar surface area (TPSA) is 106 Å². The van der Waals surface area contributed by atoms with Crippen LogP contribution < -0.4 is 16.4 Å². The highest BCUT2D eigenvalue weighted by Crippen LogP contribution is 2.33. The van der Waals surface area contributed by atoms with E-state index in [9.17, 15) is 49.1 Å². The molecule has 8 nitrogen and oxygen atoms in total. The Morgan fingerprint density at radius 2 is 1.66 bits per heavy atom. The van der Waals surface area contributed by atoms with Crippen molar-refractivity contribution >= 4 is 16.5 Å². The third kappa shape index (κ3) is 6.17. The van der Waals surface area contributed by atoms with E-state index in [1.54, 1.807) is 5.10 Å². The Kier molecular flexibility index (Phi) is 7.82. The maximum absolute atomic E-state index is 15.0. The number of rotatable bonds is 7. The van der Waals surface area contributed by atoms with Crippen LogP contribution in [0, 0.1) is 11.6 Å². The number of hydrogen-bond donors (Lipinski definition) is 2. The van der Waals surface area contributed by atoms with Crippen molar-refractivity contribution in [2.24, 2.45) is 0 Å². The molecule has 0 radical (unpaired) electrons. The van der Waals surface area contributed by atoms with Gasteiger partial charge in [-0.25, -0.2) is 28.2 Å². The van der Waals surface area contributed by atoms with Gasteiger partial charge in [0.05, 0.1) is 34.9 Å². The van der Waals surface area contributed by atoms with Crippen LogP contribution in [0.3, 0.4) is 0 Å². The summed E-state index contributed by atoms with van der Waals surface area (Å²) >= 11 is 0. The van der Waals surface area contributed by atoms with Crippen LogP contribution >= 0.6 is 0 Å². The normalized spacial score (nSPS) is 13.8. The lowest BCUT2D eigenvalue weighted by Crippen LogP contribution is -2.30. The molecule has 0 aliphatic heterocycles. The number of nitrogens with one attached hydrogen (secondary N) is 2. The molecule has 0 aliphatic rings. The fourth-order valence-corrected chi connectivity index (χ4v) is 4.08. The van der Waals surface area contributed by atoms with Gasteiger partial charge in [0.1, 0.15) is 11.7 Å². The molecule has 3 aromatic heterocycles. The number of halogens is 9. The van der Waals surface area contributed by atoms with E-state index in [-0.39, 0.29) is 5.39 Å². The molecule has 4 aromatic rings. The molecule has 0 fully saturated rings. The second-order valence-electron chi connectivity index (χ2n) is 8.95. The van der Waals surface area contributed by atoms with Gasteiger partial charge in [-0.3, -0.25) is 9.59 Å². The number of benzene rings is 1. The Morgan fingerprint density at radius 1 is 1.00 bits per heavy atom. The highest BCUT2D eigenvalue weighted by Gasteiger charge is 2.37. The van der Waals surface area contributed by atoms with Crippen LogP contribution in [-0.4, -0.2) is 36.9 Å². The Labute approximate surface area is 222 Å². The second kappa shape index (κ2) is 10.9. The maximum Gasteiger partial charge on any atom is 0.423 e. The Hall–Kier alpha value is -4.44. The van der Waals surface area contributed by atoms with E-state index in [2.05, 4.69) is 20.4 Å². The first-order valence-corrected chi connectivity index (χ1v) is 11.5. The van der Waals surface area contributed by atoms with Crippen molar-refractivity contribution < 1.29 is 39.5 Å². The summed E-state index contributed by atoms with van der Waals surface area (Å²) in [7, 11) is 0. The molecule has 0 spiro atoms. The SMILES string of the molecule is C[C@@H](C[C@H](F)Cn1ccc2cc(-c3ncc(C(F)(F)F)cn3)c(F)c(F)c2c1=O)Nc1cn[nH]c(=O)c1C(F)(F)F. The summed E-state index contributed by atoms with van der Waals surface area (Å²) in [5.41, 5.74) is -6.72. The molecule has 0 saturated heterocycles. The fourth-order valence-electron chi connectivity index (χ4n) is 4.08. The van der Waals surface area contributed by atoms with Gasteiger partial charge >= 0.3 is 12.4 Å². The van der Waals surface area contributed by atoms with Crippen LogP contribution in [0.15, 0.2) is 46.5 Å². The average molecular weight is 592 g/mol. The first-order chi connectivity index (χ1) is 19.1. The standard InChI is InChI=1S/C24H17F9N6O2/c1-10(37-15-8-36-38-21(40)17(15)24(31,32)33)4-13(25)9-39-3-2-11-5-14(18(26)19(27)16(11)22(39)41)20-34-6-12(7-35-20)23(28,29)30/h2-3,5-8,10,13H,4,9H2,1H3,(H2,37,38,40)/t10-,13-/m0/s1. The first kappa shape index (κ1) is 29.5. The van der Waals surface area contributed by atoms with Crippen molar-refractivity contribution in [3.05, 3.63) is 80.4 Å². The first-order valence-electron chi connectivity index (χ1n) is 11.5. The lowest BCUT2D eigenvalue weighted by Gasteiger charge is -2.20. The number of fused-ring (bicyclic) bond motifs is 1. The minimum absolute atomic E-state index is 0.171. The molecule has 2 atom stereocenters. The van der Waals surface area contributed by atoms with Crippen LogP contribution in [0.25, 0.3) is 22.2 Å². The van der Waals surface area contributed by atoms with Gasteiger partial charge in [-0.15, -0.1) is 0 Å². The van der Waals surface area contributed by atoms with E-state index >= 15 is 0 Å². The van der Waals surface area contributed by atoms with Gasteiger partial charge in [-0.1, -0.05) is 0 Å². The van der Waals surface area contributed by atoms with Crippen molar-refractivity contribution in [1.29, 1.82) is 0 Å². The molecular weight excluding hydrogens is 575 g/mol. The van der Waals surface area contributed by atoms with Gasteiger partial charge in [0, 0.05) is 31.1 Å². The summed E-state index contributed by atoms with van der Waals surface area (Å²) < 4.78 is 123. The minimum Gasteiger partial charge on any atom is -0.381 e. The van der Waals surface area contributed by atoms with E-state index in [1.165, 1.54) is 6.92 Å². The van der Waals surface area contributed by atoms with Crippen LogP contribution in [0.1, 0.15) is 24.5 Å². The zero-order chi connectivity index (χ0) is 30.3. The summed E-state index contributed by atoms with van der Waals surface area (Å²) in [6.07, 6.45) is -9.58.